The largest absolute Gasteiger partial charge is 0.493 e. The van der Waals surface area contributed by atoms with E-state index in [2.05, 4.69) is 0 Å². The molecule has 22 heavy (non-hydrogen) atoms. The molecule has 3 rings (SSSR count). The van der Waals surface area contributed by atoms with Crippen molar-refractivity contribution in [3.8, 4) is 23.0 Å². The number of methoxy groups -OCH3 is 2. The van der Waals surface area contributed by atoms with Gasteiger partial charge in [0.05, 0.1) is 14.2 Å². The molecule has 0 radical (unpaired) electrons. The molecule has 1 aliphatic rings. The van der Waals surface area contributed by atoms with E-state index in [4.69, 9.17) is 18.9 Å². The van der Waals surface area contributed by atoms with E-state index in [1.165, 1.54) is 0 Å². The maximum absolute atomic E-state index is 5.91. The van der Waals surface area contributed by atoms with Crippen LogP contribution in [0.25, 0.3) is 5.57 Å². The van der Waals surface area contributed by atoms with Crippen molar-refractivity contribution in [1.29, 1.82) is 0 Å². The summed E-state index contributed by atoms with van der Waals surface area (Å²) in [4.78, 5) is 0. The summed E-state index contributed by atoms with van der Waals surface area (Å²) in [6.07, 6.45) is 2.02. The highest BCUT2D eigenvalue weighted by Gasteiger charge is 2.18. The molecule has 0 N–H and O–H groups in total. The van der Waals surface area contributed by atoms with Crippen LogP contribution >= 0.6 is 0 Å². The fraction of sp³-hybridized carbons (Fsp3) is 0.222. The average molecular weight is 298 g/mol. The molecule has 0 aliphatic carbocycles. The van der Waals surface area contributed by atoms with Crippen LogP contribution in [0.2, 0.25) is 0 Å². The SMILES string of the molecule is COc1ccccc1OCC1=CCOc2c(OC)cccc21. The van der Waals surface area contributed by atoms with Gasteiger partial charge in [-0.15, -0.1) is 0 Å². The zero-order valence-electron chi connectivity index (χ0n) is 12.7. The van der Waals surface area contributed by atoms with E-state index >= 15 is 0 Å². The lowest BCUT2D eigenvalue weighted by molar-refractivity contribution is 0.311. The Balaban J connectivity index is 1.81. The van der Waals surface area contributed by atoms with Crippen LogP contribution in [0.5, 0.6) is 23.0 Å². The molecular weight excluding hydrogens is 280 g/mol. The molecule has 114 valence electrons. The molecule has 2 aromatic carbocycles. The second-order valence-electron chi connectivity index (χ2n) is 4.82. The number of benzene rings is 2. The van der Waals surface area contributed by atoms with Crippen LogP contribution in [0.4, 0.5) is 0 Å². The molecule has 0 unspecified atom stereocenters. The summed E-state index contributed by atoms with van der Waals surface area (Å²) < 4.78 is 22.2. The van der Waals surface area contributed by atoms with Gasteiger partial charge in [-0.25, -0.2) is 0 Å². The van der Waals surface area contributed by atoms with E-state index in [1.807, 2.05) is 48.5 Å². The lowest BCUT2D eigenvalue weighted by Gasteiger charge is -2.21. The predicted octanol–water partition coefficient (Wildman–Crippen LogP) is 3.56. The number of hydrogen-bond acceptors (Lipinski definition) is 4. The summed E-state index contributed by atoms with van der Waals surface area (Å²) in [5.41, 5.74) is 2.08. The number of ether oxygens (including phenoxy) is 4. The van der Waals surface area contributed by atoms with Gasteiger partial charge in [-0.05, 0) is 29.8 Å². The van der Waals surface area contributed by atoms with Gasteiger partial charge in [0.15, 0.2) is 23.0 Å². The van der Waals surface area contributed by atoms with Gasteiger partial charge >= 0.3 is 0 Å². The van der Waals surface area contributed by atoms with Crippen molar-refractivity contribution < 1.29 is 18.9 Å². The number of hydrogen-bond donors (Lipinski definition) is 0. The summed E-state index contributed by atoms with van der Waals surface area (Å²) in [5.74, 6) is 2.95. The number of rotatable bonds is 5. The van der Waals surface area contributed by atoms with Crippen molar-refractivity contribution in [3.63, 3.8) is 0 Å². The molecule has 0 atom stereocenters. The molecule has 0 spiro atoms. The van der Waals surface area contributed by atoms with E-state index in [-0.39, 0.29) is 0 Å². The maximum Gasteiger partial charge on any atom is 0.169 e. The molecule has 2 aromatic rings. The summed E-state index contributed by atoms with van der Waals surface area (Å²) in [5, 5.41) is 0. The Kier molecular flexibility index (Phi) is 4.19. The molecule has 4 heteroatoms. The third-order valence-corrected chi connectivity index (χ3v) is 3.55. The Morgan fingerprint density at radius 1 is 0.909 bits per heavy atom. The topological polar surface area (TPSA) is 36.9 Å². The second-order valence-corrected chi connectivity index (χ2v) is 4.82. The van der Waals surface area contributed by atoms with Gasteiger partial charge in [-0.1, -0.05) is 24.3 Å². The first-order valence-corrected chi connectivity index (χ1v) is 7.08. The summed E-state index contributed by atoms with van der Waals surface area (Å²) in [6, 6.07) is 13.5. The van der Waals surface area contributed by atoms with E-state index in [9.17, 15) is 0 Å². The lowest BCUT2D eigenvalue weighted by Crippen LogP contribution is -2.11. The Bertz CT molecular complexity index is 691. The van der Waals surface area contributed by atoms with Gasteiger partial charge in [0.25, 0.3) is 0 Å². The third-order valence-electron chi connectivity index (χ3n) is 3.55. The van der Waals surface area contributed by atoms with Gasteiger partial charge in [-0.2, -0.15) is 0 Å². The zero-order chi connectivity index (χ0) is 15.4. The van der Waals surface area contributed by atoms with Gasteiger partial charge in [0, 0.05) is 5.56 Å². The van der Waals surface area contributed by atoms with E-state index in [0.717, 1.165) is 34.1 Å². The monoisotopic (exact) mass is 298 g/mol. The van der Waals surface area contributed by atoms with Crippen LogP contribution in [-0.4, -0.2) is 27.4 Å². The molecule has 0 amide bonds. The van der Waals surface area contributed by atoms with Crippen molar-refractivity contribution in [2.45, 2.75) is 0 Å². The first-order valence-electron chi connectivity index (χ1n) is 7.08. The van der Waals surface area contributed by atoms with E-state index in [1.54, 1.807) is 14.2 Å². The quantitative estimate of drug-likeness (QED) is 0.846. The van der Waals surface area contributed by atoms with Crippen molar-refractivity contribution in [2.24, 2.45) is 0 Å². The Morgan fingerprint density at radius 3 is 2.41 bits per heavy atom. The first kappa shape index (κ1) is 14.3. The van der Waals surface area contributed by atoms with Gasteiger partial charge in [-0.3, -0.25) is 0 Å². The standard InChI is InChI=1S/C18H18O4/c1-19-15-7-3-4-8-16(15)22-12-13-10-11-21-18-14(13)6-5-9-17(18)20-2/h3-10H,11-12H2,1-2H3. The molecule has 0 fully saturated rings. The normalized spacial score (nSPS) is 12.7. The summed E-state index contributed by atoms with van der Waals surface area (Å²) in [7, 11) is 3.28. The second kappa shape index (κ2) is 6.43. The summed E-state index contributed by atoms with van der Waals surface area (Å²) >= 11 is 0. The Labute approximate surface area is 129 Å². The van der Waals surface area contributed by atoms with E-state index in [0.29, 0.717) is 13.2 Å². The van der Waals surface area contributed by atoms with Crippen molar-refractivity contribution in [2.75, 3.05) is 27.4 Å². The highest BCUT2D eigenvalue weighted by molar-refractivity contribution is 5.75. The molecule has 0 aromatic heterocycles. The molecule has 0 bridgehead atoms. The zero-order valence-corrected chi connectivity index (χ0v) is 12.7. The average Bonchev–Trinajstić information content (AvgIpc) is 2.59. The van der Waals surface area contributed by atoms with E-state index < -0.39 is 0 Å². The fourth-order valence-corrected chi connectivity index (χ4v) is 2.44. The molecular formula is C18H18O4. The Hall–Kier alpha value is -2.62. The molecule has 1 heterocycles. The highest BCUT2D eigenvalue weighted by atomic mass is 16.5. The third kappa shape index (κ3) is 2.72. The van der Waals surface area contributed by atoms with Crippen molar-refractivity contribution >= 4 is 5.57 Å². The lowest BCUT2D eigenvalue weighted by atomic mass is 10.0. The first-order chi connectivity index (χ1) is 10.8. The molecule has 1 aliphatic heterocycles. The molecule has 0 saturated carbocycles. The molecule has 4 nitrogen and oxygen atoms in total. The molecule has 0 saturated heterocycles. The van der Waals surface area contributed by atoms with Crippen LogP contribution in [0.15, 0.2) is 48.5 Å². The fourth-order valence-electron chi connectivity index (χ4n) is 2.44. The predicted molar refractivity (Wildman–Crippen MR) is 85.0 cm³/mol. The van der Waals surface area contributed by atoms with Gasteiger partial charge < -0.3 is 18.9 Å². The van der Waals surface area contributed by atoms with Gasteiger partial charge in [0.2, 0.25) is 0 Å². The minimum Gasteiger partial charge on any atom is -0.493 e. The minimum absolute atomic E-state index is 0.448. The smallest absolute Gasteiger partial charge is 0.169 e. The van der Waals surface area contributed by atoms with Crippen LogP contribution in [0, 0.1) is 0 Å². The summed E-state index contributed by atoms with van der Waals surface area (Å²) in [6.45, 7) is 0.960. The van der Waals surface area contributed by atoms with Gasteiger partial charge in [0.1, 0.15) is 13.2 Å². The van der Waals surface area contributed by atoms with Crippen LogP contribution in [0.1, 0.15) is 5.56 Å². The van der Waals surface area contributed by atoms with Crippen molar-refractivity contribution in [3.05, 3.63) is 54.1 Å². The maximum atomic E-state index is 5.91. The number of fused-ring (bicyclic) bond motifs is 1. The Morgan fingerprint density at radius 2 is 1.64 bits per heavy atom. The highest BCUT2D eigenvalue weighted by Crippen LogP contribution is 2.38. The van der Waals surface area contributed by atoms with Crippen LogP contribution in [0.3, 0.4) is 0 Å². The van der Waals surface area contributed by atoms with Crippen molar-refractivity contribution in [1.82, 2.24) is 0 Å². The van der Waals surface area contributed by atoms with Crippen LogP contribution in [-0.2, 0) is 0 Å². The minimum atomic E-state index is 0.448. The van der Waals surface area contributed by atoms with Crippen LogP contribution < -0.4 is 18.9 Å². The number of para-hydroxylation sites is 3.